The van der Waals surface area contributed by atoms with E-state index in [0.717, 1.165) is 63.2 Å². The predicted molar refractivity (Wildman–Crippen MR) is 170 cm³/mol. The monoisotopic (exact) mass is 567 g/mol. The number of hydrogen-bond acceptors (Lipinski definition) is 6. The molecule has 0 N–H and O–H groups in total. The number of nitrogens with zero attached hydrogens (tertiary/aromatic N) is 5. The van der Waals surface area contributed by atoms with Crippen LogP contribution < -0.4 is 9.64 Å². The lowest BCUT2D eigenvalue weighted by atomic mass is 9.97. The number of methoxy groups -OCH3 is 1. The molecule has 1 aliphatic heterocycles. The zero-order chi connectivity index (χ0) is 30.1. The quantitative estimate of drug-likeness (QED) is 0.230. The molecule has 3 heterocycles. The Morgan fingerprint density at radius 3 is 2.23 bits per heavy atom. The fourth-order valence-electron chi connectivity index (χ4n) is 6.19. The van der Waals surface area contributed by atoms with Crippen LogP contribution in [-0.4, -0.2) is 53.1 Å². The van der Waals surface area contributed by atoms with Crippen LogP contribution in [0.4, 0.5) is 5.69 Å². The molecule has 7 nitrogen and oxygen atoms in total. The van der Waals surface area contributed by atoms with Crippen molar-refractivity contribution in [3.8, 4) is 34.1 Å². The summed E-state index contributed by atoms with van der Waals surface area (Å²) in [6, 6.07) is 26.3. The van der Waals surface area contributed by atoms with E-state index >= 15 is 0 Å². The lowest BCUT2D eigenvalue weighted by molar-refractivity contribution is 0.0574. The number of amides is 1. The number of anilines is 1. The molecule has 1 saturated heterocycles. The average Bonchev–Trinajstić information content (AvgIpc) is 3.03. The number of piperazine rings is 1. The molecule has 0 aliphatic carbocycles. The van der Waals surface area contributed by atoms with Crippen LogP contribution in [0, 0.1) is 18.3 Å². The van der Waals surface area contributed by atoms with Crippen molar-refractivity contribution in [1.82, 2.24) is 14.9 Å². The van der Waals surface area contributed by atoms with Crippen molar-refractivity contribution < 1.29 is 9.53 Å². The van der Waals surface area contributed by atoms with E-state index in [-0.39, 0.29) is 18.0 Å². The third-order valence-corrected chi connectivity index (χ3v) is 8.20. The lowest BCUT2D eigenvalue weighted by Gasteiger charge is -2.45. The van der Waals surface area contributed by atoms with E-state index in [0.29, 0.717) is 11.1 Å². The second kappa shape index (κ2) is 11.6. The van der Waals surface area contributed by atoms with Gasteiger partial charge in [-0.05, 0) is 73.9 Å². The number of aryl methyl sites for hydroxylation is 1. The number of aromatic nitrogens is 2. The molecule has 2 aromatic heterocycles. The Bertz CT molecular complexity index is 1830. The van der Waals surface area contributed by atoms with Crippen LogP contribution in [0.2, 0.25) is 0 Å². The molecule has 0 radical (unpaired) electrons. The van der Waals surface area contributed by atoms with Gasteiger partial charge in [-0.1, -0.05) is 36.4 Å². The molecular weight excluding hydrogens is 534 g/mol. The number of hydrogen-bond donors (Lipinski definition) is 0. The van der Waals surface area contributed by atoms with Gasteiger partial charge in [0.1, 0.15) is 5.75 Å². The normalized spacial score (nSPS) is 16.6. The molecule has 0 unspecified atom stereocenters. The van der Waals surface area contributed by atoms with Crippen molar-refractivity contribution in [3.05, 3.63) is 108 Å². The predicted octanol–water partition coefficient (Wildman–Crippen LogP) is 6.89. The average molecular weight is 568 g/mol. The number of pyridine rings is 2. The molecule has 43 heavy (non-hydrogen) atoms. The van der Waals surface area contributed by atoms with Gasteiger partial charge in [-0.2, -0.15) is 5.26 Å². The topological polar surface area (TPSA) is 82.3 Å². The molecule has 0 spiro atoms. The summed E-state index contributed by atoms with van der Waals surface area (Å²) >= 11 is 0. The molecule has 0 saturated carbocycles. The molecule has 0 bridgehead atoms. The zero-order valence-corrected chi connectivity index (χ0v) is 24.8. The Balaban J connectivity index is 1.25. The summed E-state index contributed by atoms with van der Waals surface area (Å²) in [7, 11) is 1.69. The molecule has 7 heteroatoms. The van der Waals surface area contributed by atoms with Crippen molar-refractivity contribution in [2.75, 3.05) is 25.1 Å². The number of fused-ring (bicyclic) bond motifs is 1. The Morgan fingerprint density at radius 1 is 0.907 bits per heavy atom. The number of benzene rings is 3. The highest BCUT2D eigenvalue weighted by Gasteiger charge is 2.33. The van der Waals surface area contributed by atoms with Gasteiger partial charge in [0.05, 0.1) is 29.8 Å². The standard InChI is InChI=1S/C36H33N5O2/c1-23-16-29(19-38-18-23)36(42)41-24(2)21-40(22-25(41)3)30-14-12-28(13-15-30)33-20-39-34-31(6-5-7-32(34)35(33)43-4)27-10-8-26(17-37)9-11-27/h5-16,18-20,24-25H,21-22H2,1-4H3/t24-,25+. The minimum Gasteiger partial charge on any atom is -0.495 e. The fourth-order valence-corrected chi connectivity index (χ4v) is 6.19. The fraction of sp³-hybridized carbons (Fsp3) is 0.222. The molecule has 6 rings (SSSR count). The van der Waals surface area contributed by atoms with Crippen LogP contribution in [0.15, 0.2) is 91.4 Å². The summed E-state index contributed by atoms with van der Waals surface area (Å²) in [5.74, 6) is 0.803. The highest BCUT2D eigenvalue weighted by atomic mass is 16.5. The minimum atomic E-state index is 0.0319. The van der Waals surface area contributed by atoms with E-state index in [4.69, 9.17) is 9.72 Å². The van der Waals surface area contributed by atoms with Crippen molar-refractivity contribution in [2.45, 2.75) is 32.9 Å². The molecule has 1 aliphatic rings. The number of para-hydroxylation sites is 1. The highest BCUT2D eigenvalue weighted by Crippen LogP contribution is 2.39. The number of ether oxygens (including phenoxy) is 1. The van der Waals surface area contributed by atoms with E-state index in [9.17, 15) is 10.1 Å². The van der Waals surface area contributed by atoms with Crippen LogP contribution in [0.3, 0.4) is 0 Å². The number of carbonyl (C=O) groups excluding carboxylic acids is 1. The highest BCUT2D eigenvalue weighted by molar-refractivity contribution is 6.00. The van der Waals surface area contributed by atoms with E-state index in [2.05, 4.69) is 54.1 Å². The largest absolute Gasteiger partial charge is 0.495 e. The first-order valence-corrected chi connectivity index (χ1v) is 14.4. The van der Waals surface area contributed by atoms with Gasteiger partial charge in [-0.3, -0.25) is 14.8 Å². The van der Waals surface area contributed by atoms with Gasteiger partial charge in [0.2, 0.25) is 0 Å². The van der Waals surface area contributed by atoms with Gasteiger partial charge in [-0.25, -0.2) is 0 Å². The van der Waals surface area contributed by atoms with Gasteiger partial charge in [-0.15, -0.1) is 0 Å². The summed E-state index contributed by atoms with van der Waals surface area (Å²) in [6.45, 7) is 7.66. The Hall–Kier alpha value is -5.22. The third-order valence-electron chi connectivity index (χ3n) is 8.20. The molecule has 214 valence electrons. The van der Waals surface area contributed by atoms with Crippen LogP contribution in [0.5, 0.6) is 5.75 Å². The summed E-state index contributed by atoms with van der Waals surface area (Å²) in [6.07, 6.45) is 5.30. The van der Waals surface area contributed by atoms with Gasteiger partial charge in [0, 0.05) is 66.0 Å². The van der Waals surface area contributed by atoms with Crippen molar-refractivity contribution in [2.24, 2.45) is 0 Å². The van der Waals surface area contributed by atoms with Crippen molar-refractivity contribution in [1.29, 1.82) is 5.26 Å². The van der Waals surface area contributed by atoms with E-state index in [1.54, 1.807) is 19.5 Å². The van der Waals surface area contributed by atoms with Gasteiger partial charge < -0.3 is 14.5 Å². The van der Waals surface area contributed by atoms with E-state index in [1.807, 2.05) is 66.6 Å². The maximum atomic E-state index is 13.3. The van der Waals surface area contributed by atoms with Crippen molar-refractivity contribution in [3.63, 3.8) is 0 Å². The molecule has 1 fully saturated rings. The summed E-state index contributed by atoms with van der Waals surface area (Å²) in [5.41, 5.74) is 8.12. The Kier molecular flexibility index (Phi) is 7.52. The first kappa shape index (κ1) is 27.9. The first-order valence-electron chi connectivity index (χ1n) is 14.4. The molecule has 5 aromatic rings. The van der Waals surface area contributed by atoms with Crippen LogP contribution >= 0.6 is 0 Å². The number of carbonyl (C=O) groups is 1. The molecule has 2 atom stereocenters. The third kappa shape index (κ3) is 5.28. The van der Waals surface area contributed by atoms with Crippen molar-refractivity contribution >= 4 is 22.5 Å². The zero-order valence-electron chi connectivity index (χ0n) is 24.8. The van der Waals surface area contributed by atoms with Gasteiger partial charge in [0.15, 0.2) is 0 Å². The van der Waals surface area contributed by atoms with Gasteiger partial charge >= 0.3 is 0 Å². The summed E-state index contributed by atoms with van der Waals surface area (Å²) < 4.78 is 5.96. The summed E-state index contributed by atoms with van der Waals surface area (Å²) in [4.78, 5) is 26.8. The Morgan fingerprint density at radius 2 is 1.58 bits per heavy atom. The minimum absolute atomic E-state index is 0.0319. The maximum Gasteiger partial charge on any atom is 0.256 e. The smallest absolute Gasteiger partial charge is 0.256 e. The van der Waals surface area contributed by atoms with Crippen LogP contribution in [0.1, 0.15) is 35.3 Å². The van der Waals surface area contributed by atoms with Crippen LogP contribution in [-0.2, 0) is 0 Å². The molecular formula is C36H33N5O2. The summed E-state index contributed by atoms with van der Waals surface area (Å²) in [5, 5.41) is 10.1. The lowest BCUT2D eigenvalue weighted by Crippen LogP contribution is -2.58. The second-order valence-electron chi connectivity index (χ2n) is 11.2. The SMILES string of the molecule is COc1c(-c2ccc(N3C[C@@H](C)N(C(=O)c4cncc(C)c4)[C@@H](C)C3)cc2)cnc2c(-c3ccc(C#N)cc3)cccc12. The Labute approximate surface area is 252 Å². The molecule has 3 aromatic carbocycles. The molecule has 1 amide bonds. The van der Waals surface area contributed by atoms with Gasteiger partial charge in [0.25, 0.3) is 5.91 Å². The first-order chi connectivity index (χ1) is 20.9. The second-order valence-corrected chi connectivity index (χ2v) is 11.2. The van der Waals surface area contributed by atoms with E-state index in [1.165, 1.54) is 0 Å². The van der Waals surface area contributed by atoms with E-state index < -0.39 is 0 Å². The number of nitriles is 1. The number of rotatable bonds is 5. The van der Waals surface area contributed by atoms with Crippen LogP contribution in [0.25, 0.3) is 33.2 Å². The maximum absolute atomic E-state index is 13.3.